The Labute approximate surface area is 267 Å². The van der Waals surface area contributed by atoms with Gasteiger partial charge in [-0.1, -0.05) is 90.7 Å². The van der Waals surface area contributed by atoms with E-state index in [1.54, 1.807) is 11.1 Å². The van der Waals surface area contributed by atoms with Gasteiger partial charge in [0.25, 0.3) is 6.71 Å². The molecule has 2 N–H and O–H groups in total. The summed E-state index contributed by atoms with van der Waals surface area (Å²) in [6.45, 7) is 17.2. The van der Waals surface area contributed by atoms with Crippen LogP contribution in [0.2, 0.25) is 0 Å². The van der Waals surface area contributed by atoms with E-state index in [9.17, 15) is 0 Å². The van der Waals surface area contributed by atoms with Crippen LogP contribution in [0.4, 0.5) is 22.7 Å². The van der Waals surface area contributed by atoms with E-state index in [1.165, 1.54) is 78.8 Å². The largest absolute Gasteiger partial charge is 0.399 e. The van der Waals surface area contributed by atoms with Gasteiger partial charge in [-0.2, -0.15) is 0 Å². The standard InChI is InChI=1S/C40H43BN2S/c1-8-9-11-24-14-19-34-27(20-24)36-37(44-34)41-32-22-30-29(38(2,3)23-39(30,4)5)21-31(32)40(6,7)28-12-10-13-33(35(28)41)43(36)26-17-15-25(42)16-18-26/h10,12-22H,8-9,11,23,42H2,1-7H3. The Morgan fingerprint density at radius 2 is 1.55 bits per heavy atom. The van der Waals surface area contributed by atoms with Gasteiger partial charge in [-0.25, -0.2) is 0 Å². The number of nitrogens with two attached hydrogens (primary N) is 1. The lowest BCUT2D eigenvalue weighted by molar-refractivity contribution is 0.403. The van der Waals surface area contributed by atoms with E-state index in [4.69, 9.17) is 5.73 Å². The highest BCUT2D eigenvalue weighted by atomic mass is 32.1. The molecule has 0 bridgehead atoms. The first-order valence-corrected chi connectivity index (χ1v) is 17.3. The molecule has 4 aromatic carbocycles. The van der Waals surface area contributed by atoms with Gasteiger partial charge >= 0.3 is 0 Å². The molecule has 0 fully saturated rings. The molecule has 0 saturated carbocycles. The number of fused-ring (bicyclic) bond motifs is 7. The first-order chi connectivity index (χ1) is 20.9. The maximum atomic E-state index is 6.22. The number of hydrogen-bond donors (Lipinski definition) is 1. The molecule has 4 heteroatoms. The van der Waals surface area contributed by atoms with Crippen molar-refractivity contribution in [1.29, 1.82) is 0 Å². The SMILES string of the molecule is CCCCc1ccc2sc3c(c2c1)N(c1ccc(N)cc1)c1cccc2c1B3c1cc3c(cc1C2(C)C)C(C)(C)CC3(C)C. The quantitative estimate of drug-likeness (QED) is 0.163. The van der Waals surface area contributed by atoms with Crippen LogP contribution < -0.4 is 26.3 Å². The fourth-order valence-corrected chi connectivity index (χ4v) is 10.4. The second-order valence-corrected chi connectivity index (χ2v) is 16.5. The van der Waals surface area contributed by atoms with Crippen molar-refractivity contribution in [3.63, 3.8) is 0 Å². The van der Waals surface area contributed by atoms with Gasteiger partial charge in [0, 0.05) is 37.3 Å². The molecule has 8 rings (SSSR count). The molecule has 5 aromatic rings. The number of unbranched alkanes of at least 4 members (excludes halogenated alkanes) is 1. The lowest BCUT2D eigenvalue weighted by atomic mass is 9.32. The number of thiophene rings is 1. The Morgan fingerprint density at radius 3 is 2.27 bits per heavy atom. The Hall–Kier alpha value is -3.50. The molecule has 0 radical (unpaired) electrons. The van der Waals surface area contributed by atoms with Crippen LogP contribution in [0.1, 0.15) is 95.5 Å². The van der Waals surface area contributed by atoms with Gasteiger partial charge in [0.15, 0.2) is 0 Å². The molecule has 1 aromatic heterocycles. The molecule has 3 heterocycles. The predicted molar refractivity (Wildman–Crippen MR) is 193 cm³/mol. The smallest absolute Gasteiger partial charge is 0.260 e. The van der Waals surface area contributed by atoms with Crippen LogP contribution in [0, 0.1) is 0 Å². The fourth-order valence-electron chi connectivity index (χ4n) is 9.11. The van der Waals surface area contributed by atoms with Crippen LogP contribution in [0.3, 0.4) is 0 Å². The van der Waals surface area contributed by atoms with E-state index in [1.807, 2.05) is 23.5 Å². The van der Waals surface area contributed by atoms with Crippen molar-refractivity contribution in [2.24, 2.45) is 0 Å². The Balaban J connectivity index is 1.47. The van der Waals surface area contributed by atoms with Gasteiger partial charge in [0.05, 0.1) is 5.69 Å². The minimum absolute atomic E-state index is 0.108. The van der Waals surface area contributed by atoms with Gasteiger partial charge < -0.3 is 10.6 Å². The van der Waals surface area contributed by atoms with Gasteiger partial charge in [0.1, 0.15) is 0 Å². The van der Waals surface area contributed by atoms with E-state index in [-0.39, 0.29) is 23.0 Å². The molecule has 222 valence electrons. The zero-order valence-electron chi connectivity index (χ0n) is 27.3. The molecule has 0 saturated heterocycles. The summed E-state index contributed by atoms with van der Waals surface area (Å²) in [7, 11) is 0. The van der Waals surface area contributed by atoms with Crippen LogP contribution in [-0.4, -0.2) is 6.71 Å². The Bertz CT molecular complexity index is 1980. The lowest BCUT2D eigenvalue weighted by Gasteiger charge is -2.45. The van der Waals surface area contributed by atoms with Crippen LogP contribution >= 0.6 is 11.3 Å². The van der Waals surface area contributed by atoms with Crippen molar-refractivity contribution in [3.8, 4) is 0 Å². The third kappa shape index (κ3) is 3.79. The first kappa shape index (κ1) is 28.0. The fraction of sp³-hybridized carbons (Fsp3) is 0.350. The van der Waals surface area contributed by atoms with E-state index in [0.717, 1.165) is 12.1 Å². The van der Waals surface area contributed by atoms with Crippen molar-refractivity contribution in [3.05, 3.63) is 101 Å². The van der Waals surface area contributed by atoms with Crippen LogP contribution in [0.15, 0.2) is 72.8 Å². The molecule has 1 aliphatic carbocycles. The van der Waals surface area contributed by atoms with E-state index in [0.29, 0.717) is 0 Å². The molecule has 0 amide bonds. The van der Waals surface area contributed by atoms with Gasteiger partial charge in [0.2, 0.25) is 0 Å². The highest BCUT2D eigenvalue weighted by Gasteiger charge is 2.50. The summed E-state index contributed by atoms with van der Waals surface area (Å²) in [6.07, 6.45) is 4.73. The van der Waals surface area contributed by atoms with Crippen molar-refractivity contribution in [2.75, 3.05) is 10.6 Å². The molecular formula is C40H43BN2S. The van der Waals surface area contributed by atoms with Crippen LogP contribution in [-0.2, 0) is 22.7 Å². The average molecular weight is 595 g/mol. The number of rotatable bonds is 4. The van der Waals surface area contributed by atoms with E-state index < -0.39 is 0 Å². The van der Waals surface area contributed by atoms with Crippen LogP contribution in [0.25, 0.3) is 10.1 Å². The lowest BCUT2D eigenvalue weighted by Crippen LogP contribution is -2.63. The summed E-state index contributed by atoms with van der Waals surface area (Å²) >= 11 is 2.00. The summed E-state index contributed by atoms with van der Waals surface area (Å²) < 4.78 is 2.84. The number of nitrogen functional groups attached to an aromatic ring is 1. The summed E-state index contributed by atoms with van der Waals surface area (Å²) in [4.78, 5) is 2.55. The first-order valence-electron chi connectivity index (χ1n) is 16.5. The zero-order chi connectivity index (χ0) is 30.8. The van der Waals surface area contributed by atoms with E-state index in [2.05, 4.69) is 114 Å². The minimum atomic E-state index is -0.108. The zero-order valence-corrected chi connectivity index (χ0v) is 28.1. The number of aryl methyl sites for hydroxylation is 1. The minimum Gasteiger partial charge on any atom is -0.399 e. The van der Waals surface area contributed by atoms with Crippen molar-refractivity contribution in [2.45, 2.75) is 90.4 Å². The number of hydrogen-bond acceptors (Lipinski definition) is 3. The summed E-state index contributed by atoms with van der Waals surface area (Å²) in [6, 6.07) is 28.0. The third-order valence-corrected chi connectivity index (χ3v) is 12.2. The van der Waals surface area contributed by atoms with Crippen molar-refractivity contribution >= 4 is 66.6 Å². The monoisotopic (exact) mass is 594 g/mol. The van der Waals surface area contributed by atoms with Gasteiger partial charge in [-0.3, -0.25) is 0 Å². The topological polar surface area (TPSA) is 29.3 Å². The molecule has 2 nitrogen and oxygen atoms in total. The van der Waals surface area contributed by atoms with Gasteiger partial charge in [-0.05, 0) is 106 Å². The summed E-state index contributed by atoms with van der Waals surface area (Å²) in [5.74, 6) is 0. The van der Waals surface area contributed by atoms with Crippen molar-refractivity contribution in [1.82, 2.24) is 0 Å². The Morgan fingerprint density at radius 1 is 0.818 bits per heavy atom. The maximum Gasteiger partial charge on any atom is 0.260 e. The Kier molecular flexibility index (Phi) is 5.90. The normalized spacial score (nSPS) is 18.2. The molecule has 0 unspecified atom stereocenters. The van der Waals surface area contributed by atoms with Gasteiger partial charge in [-0.15, -0.1) is 11.3 Å². The second-order valence-electron chi connectivity index (χ2n) is 15.4. The maximum absolute atomic E-state index is 6.22. The highest BCUT2D eigenvalue weighted by molar-refractivity contribution is 7.33. The molecule has 0 atom stereocenters. The number of benzene rings is 4. The van der Waals surface area contributed by atoms with Crippen molar-refractivity contribution < 1.29 is 0 Å². The molecule has 44 heavy (non-hydrogen) atoms. The number of anilines is 4. The predicted octanol–water partition coefficient (Wildman–Crippen LogP) is 8.72. The molecule has 2 aliphatic heterocycles. The molecule has 0 spiro atoms. The third-order valence-electron chi connectivity index (χ3n) is 11.0. The number of nitrogens with zero attached hydrogens (tertiary/aromatic N) is 1. The average Bonchev–Trinajstić information content (AvgIpc) is 3.44. The summed E-state index contributed by atoms with van der Waals surface area (Å²) in [5, 5.41) is 1.38. The summed E-state index contributed by atoms with van der Waals surface area (Å²) in [5.41, 5.74) is 21.5. The molecular weight excluding hydrogens is 551 g/mol. The van der Waals surface area contributed by atoms with E-state index >= 15 is 0 Å². The van der Waals surface area contributed by atoms with Crippen LogP contribution in [0.5, 0.6) is 0 Å². The second kappa shape index (κ2) is 9.27. The highest BCUT2D eigenvalue weighted by Crippen LogP contribution is 2.52. The molecule has 3 aliphatic rings.